The highest BCUT2D eigenvalue weighted by molar-refractivity contribution is 6.33. The Labute approximate surface area is 156 Å². The number of rotatable bonds is 2. The zero-order chi connectivity index (χ0) is 18.3. The number of aromatic amines is 1. The number of benzene rings is 2. The van der Waals surface area contributed by atoms with Gasteiger partial charge in [0.05, 0.1) is 10.6 Å². The summed E-state index contributed by atoms with van der Waals surface area (Å²) in [6, 6.07) is 10.5. The molecule has 0 atom stereocenters. The van der Waals surface area contributed by atoms with Gasteiger partial charge in [0, 0.05) is 35.8 Å². The van der Waals surface area contributed by atoms with Crippen LogP contribution in [0.15, 0.2) is 48.7 Å². The molecule has 0 saturated heterocycles. The van der Waals surface area contributed by atoms with E-state index in [1.165, 1.54) is 40.3 Å². The SMILES string of the molecule is Cc1cccc2c(C3=CCN(C(=O)c4c(F)cccc4Cl)CC3)c[nH]c12. The summed E-state index contributed by atoms with van der Waals surface area (Å²) in [6.07, 6.45) is 4.79. The third-order valence-electron chi connectivity index (χ3n) is 4.94. The van der Waals surface area contributed by atoms with E-state index >= 15 is 0 Å². The number of hydrogen-bond donors (Lipinski definition) is 1. The molecule has 2 heterocycles. The summed E-state index contributed by atoms with van der Waals surface area (Å²) >= 11 is 6.03. The van der Waals surface area contributed by atoms with Crippen molar-refractivity contribution < 1.29 is 9.18 Å². The predicted molar refractivity (Wildman–Crippen MR) is 103 cm³/mol. The highest BCUT2D eigenvalue weighted by Crippen LogP contribution is 2.31. The third-order valence-corrected chi connectivity index (χ3v) is 5.26. The second-order valence-corrected chi connectivity index (χ2v) is 6.93. The van der Waals surface area contributed by atoms with Gasteiger partial charge in [0.15, 0.2) is 0 Å². The topological polar surface area (TPSA) is 36.1 Å². The molecule has 2 aromatic carbocycles. The molecule has 1 aliphatic heterocycles. The quantitative estimate of drug-likeness (QED) is 0.663. The second kappa shape index (κ2) is 6.61. The van der Waals surface area contributed by atoms with E-state index in [4.69, 9.17) is 11.6 Å². The second-order valence-electron chi connectivity index (χ2n) is 6.53. The minimum Gasteiger partial charge on any atom is -0.360 e. The van der Waals surface area contributed by atoms with Crippen LogP contribution in [-0.4, -0.2) is 28.9 Å². The van der Waals surface area contributed by atoms with Crippen molar-refractivity contribution in [1.82, 2.24) is 9.88 Å². The van der Waals surface area contributed by atoms with E-state index in [1.807, 2.05) is 12.3 Å². The largest absolute Gasteiger partial charge is 0.360 e. The minimum atomic E-state index is -0.579. The van der Waals surface area contributed by atoms with E-state index in [2.05, 4.69) is 30.1 Å². The third kappa shape index (κ3) is 2.80. The summed E-state index contributed by atoms with van der Waals surface area (Å²) in [5.74, 6) is -0.942. The number of carbonyl (C=O) groups excluding carboxylic acids is 1. The standard InChI is InChI=1S/C21H18ClFN2O/c1-13-4-2-5-15-16(12-24-20(13)15)14-8-10-25(11-9-14)21(26)19-17(22)6-3-7-18(19)23/h2-8,12,24H,9-11H2,1H3. The molecular weight excluding hydrogens is 351 g/mol. The Morgan fingerprint density at radius 2 is 2.04 bits per heavy atom. The zero-order valence-electron chi connectivity index (χ0n) is 14.4. The Morgan fingerprint density at radius 3 is 2.77 bits per heavy atom. The molecule has 0 spiro atoms. The van der Waals surface area contributed by atoms with Gasteiger partial charge in [-0.3, -0.25) is 4.79 Å². The van der Waals surface area contributed by atoms with Crippen LogP contribution >= 0.6 is 11.6 Å². The van der Waals surface area contributed by atoms with E-state index in [0.717, 1.165) is 11.9 Å². The molecule has 4 rings (SSSR count). The van der Waals surface area contributed by atoms with Gasteiger partial charge >= 0.3 is 0 Å². The van der Waals surface area contributed by atoms with Crippen molar-refractivity contribution >= 4 is 34.0 Å². The maximum atomic E-state index is 14.0. The first kappa shape index (κ1) is 16.9. The lowest BCUT2D eigenvalue weighted by Gasteiger charge is -2.27. The number of halogens is 2. The molecule has 0 saturated carbocycles. The monoisotopic (exact) mass is 368 g/mol. The molecule has 0 unspecified atom stereocenters. The van der Waals surface area contributed by atoms with E-state index < -0.39 is 5.82 Å². The molecule has 0 fully saturated rings. The molecule has 3 aromatic rings. The van der Waals surface area contributed by atoms with Gasteiger partial charge in [0.2, 0.25) is 0 Å². The summed E-state index contributed by atoms with van der Waals surface area (Å²) in [5.41, 5.74) is 4.66. The highest BCUT2D eigenvalue weighted by atomic mass is 35.5. The zero-order valence-corrected chi connectivity index (χ0v) is 15.1. The van der Waals surface area contributed by atoms with Crippen molar-refractivity contribution in [2.24, 2.45) is 0 Å². The summed E-state index contributed by atoms with van der Waals surface area (Å²) in [6.45, 7) is 3.06. The van der Waals surface area contributed by atoms with Gasteiger partial charge in [-0.25, -0.2) is 4.39 Å². The molecule has 1 N–H and O–H groups in total. The predicted octanol–water partition coefficient (Wildman–Crippen LogP) is 5.20. The van der Waals surface area contributed by atoms with Gasteiger partial charge in [0.1, 0.15) is 5.82 Å². The van der Waals surface area contributed by atoms with Crippen LogP contribution in [0.4, 0.5) is 4.39 Å². The first-order valence-electron chi connectivity index (χ1n) is 8.55. The fraction of sp³-hybridized carbons (Fsp3) is 0.190. The lowest BCUT2D eigenvalue weighted by molar-refractivity contribution is 0.0768. The normalized spacial score (nSPS) is 14.6. The van der Waals surface area contributed by atoms with Gasteiger partial charge in [0.25, 0.3) is 5.91 Å². The number of amides is 1. The number of H-pyrrole nitrogens is 1. The summed E-state index contributed by atoms with van der Waals surface area (Å²) in [7, 11) is 0. The molecule has 132 valence electrons. The van der Waals surface area contributed by atoms with E-state index in [0.29, 0.717) is 13.1 Å². The van der Waals surface area contributed by atoms with Gasteiger partial charge in [-0.15, -0.1) is 0 Å². The van der Waals surface area contributed by atoms with Gasteiger partial charge in [-0.1, -0.05) is 41.9 Å². The Bertz CT molecular complexity index is 1020. The lowest BCUT2D eigenvalue weighted by Crippen LogP contribution is -2.35. The maximum absolute atomic E-state index is 14.0. The summed E-state index contributed by atoms with van der Waals surface area (Å²) < 4.78 is 14.0. The van der Waals surface area contributed by atoms with Crippen LogP contribution in [0.2, 0.25) is 5.02 Å². The summed E-state index contributed by atoms with van der Waals surface area (Å²) in [4.78, 5) is 17.6. The van der Waals surface area contributed by atoms with Crippen LogP contribution in [0.25, 0.3) is 16.5 Å². The number of fused-ring (bicyclic) bond motifs is 1. The van der Waals surface area contributed by atoms with Crippen LogP contribution in [-0.2, 0) is 0 Å². The van der Waals surface area contributed by atoms with Gasteiger partial charge < -0.3 is 9.88 Å². The van der Waals surface area contributed by atoms with Crippen molar-refractivity contribution in [1.29, 1.82) is 0 Å². The molecule has 0 bridgehead atoms. The average Bonchev–Trinajstić information content (AvgIpc) is 3.07. The van der Waals surface area contributed by atoms with Crippen molar-refractivity contribution in [2.75, 3.05) is 13.1 Å². The van der Waals surface area contributed by atoms with Crippen LogP contribution in [0, 0.1) is 12.7 Å². The average molecular weight is 369 g/mol. The lowest BCUT2D eigenvalue weighted by atomic mass is 9.98. The fourth-order valence-corrected chi connectivity index (χ4v) is 3.77. The number of aryl methyl sites for hydroxylation is 1. The van der Waals surface area contributed by atoms with Crippen LogP contribution < -0.4 is 0 Å². The van der Waals surface area contributed by atoms with Crippen molar-refractivity contribution in [3.8, 4) is 0 Å². The Balaban J connectivity index is 1.60. The molecular formula is C21H18ClFN2O. The van der Waals surface area contributed by atoms with E-state index in [9.17, 15) is 9.18 Å². The molecule has 5 heteroatoms. The van der Waals surface area contributed by atoms with Crippen LogP contribution in [0.5, 0.6) is 0 Å². The molecule has 0 aliphatic carbocycles. The van der Waals surface area contributed by atoms with Crippen molar-refractivity contribution in [3.05, 3.63) is 76.2 Å². The van der Waals surface area contributed by atoms with Crippen LogP contribution in [0.1, 0.15) is 27.9 Å². The number of nitrogens with zero attached hydrogens (tertiary/aromatic N) is 1. The smallest absolute Gasteiger partial charge is 0.258 e. The van der Waals surface area contributed by atoms with Crippen molar-refractivity contribution in [2.45, 2.75) is 13.3 Å². The number of para-hydroxylation sites is 1. The Kier molecular flexibility index (Phi) is 4.29. The van der Waals surface area contributed by atoms with Crippen molar-refractivity contribution in [3.63, 3.8) is 0 Å². The van der Waals surface area contributed by atoms with Gasteiger partial charge in [-0.2, -0.15) is 0 Å². The molecule has 0 radical (unpaired) electrons. The molecule has 1 aromatic heterocycles. The number of carbonyl (C=O) groups is 1. The van der Waals surface area contributed by atoms with Crippen LogP contribution in [0.3, 0.4) is 0 Å². The first-order chi connectivity index (χ1) is 12.6. The maximum Gasteiger partial charge on any atom is 0.258 e. The minimum absolute atomic E-state index is 0.0475. The van der Waals surface area contributed by atoms with E-state index in [1.54, 1.807) is 4.90 Å². The number of nitrogens with one attached hydrogen (secondary N) is 1. The molecule has 26 heavy (non-hydrogen) atoms. The Hall–Kier alpha value is -2.59. The number of hydrogen-bond acceptors (Lipinski definition) is 1. The molecule has 1 amide bonds. The Morgan fingerprint density at radius 1 is 1.23 bits per heavy atom. The summed E-state index contributed by atoms with van der Waals surface area (Å²) in [5, 5.41) is 1.34. The molecule has 3 nitrogen and oxygen atoms in total. The molecule has 1 aliphatic rings. The van der Waals surface area contributed by atoms with E-state index in [-0.39, 0.29) is 16.5 Å². The van der Waals surface area contributed by atoms with Gasteiger partial charge in [-0.05, 0) is 36.6 Å². The highest BCUT2D eigenvalue weighted by Gasteiger charge is 2.24. The first-order valence-corrected chi connectivity index (χ1v) is 8.93. The number of aromatic nitrogens is 1. The fourth-order valence-electron chi connectivity index (χ4n) is 3.53.